The maximum Gasteiger partial charge on any atom is 0.163 e. The van der Waals surface area contributed by atoms with Crippen molar-refractivity contribution in [3.63, 3.8) is 0 Å². The maximum absolute atomic E-state index is 12.5. The first-order valence-electron chi connectivity index (χ1n) is 14.1. The van der Waals surface area contributed by atoms with Gasteiger partial charge in [-0.3, -0.25) is 4.79 Å². The minimum atomic E-state index is 0.335. The van der Waals surface area contributed by atoms with Gasteiger partial charge in [0.25, 0.3) is 0 Å². The summed E-state index contributed by atoms with van der Waals surface area (Å²) in [7, 11) is 0. The zero-order valence-corrected chi connectivity index (χ0v) is 22.9. The molecule has 0 spiro atoms. The van der Waals surface area contributed by atoms with E-state index < -0.39 is 0 Å². The van der Waals surface area contributed by atoms with Crippen LogP contribution in [-0.2, 0) is 12.8 Å². The second-order valence-electron chi connectivity index (χ2n) is 10.3. The number of rotatable bonds is 6. The van der Waals surface area contributed by atoms with E-state index in [1.165, 1.54) is 77.5 Å². The molecular weight excluding hydrogens is 424 g/mol. The number of hydrogen-bond donors (Lipinski definition) is 0. The average Bonchev–Trinajstić information content (AvgIpc) is 3.52. The molecule has 0 aliphatic heterocycles. The predicted molar refractivity (Wildman–Crippen MR) is 153 cm³/mol. The van der Waals surface area contributed by atoms with E-state index in [0.29, 0.717) is 18.1 Å². The Morgan fingerprint density at radius 1 is 0.971 bits per heavy atom. The van der Waals surface area contributed by atoms with E-state index in [-0.39, 0.29) is 0 Å². The lowest BCUT2D eigenvalue weighted by Crippen LogP contribution is -2.15. The molecule has 2 atom stereocenters. The monoisotopic (exact) mass is 470 g/mol. The Kier molecular flexibility index (Phi) is 9.72. The van der Waals surface area contributed by atoms with Crippen LogP contribution in [0.3, 0.4) is 0 Å². The van der Waals surface area contributed by atoms with Crippen LogP contribution >= 0.6 is 0 Å². The molecule has 0 aromatic heterocycles. The number of carbonyl (C=O) groups excluding carboxylic acids is 1. The van der Waals surface area contributed by atoms with Crippen LogP contribution in [0.4, 0.5) is 0 Å². The van der Waals surface area contributed by atoms with Gasteiger partial charge in [0.15, 0.2) is 5.78 Å². The normalized spacial score (nSPS) is 19.6. The average molecular weight is 471 g/mol. The van der Waals surface area contributed by atoms with Crippen molar-refractivity contribution in [2.45, 2.75) is 98.3 Å². The van der Waals surface area contributed by atoms with Gasteiger partial charge in [-0.05, 0) is 101 Å². The highest BCUT2D eigenvalue weighted by atomic mass is 16.1. The Morgan fingerprint density at radius 3 is 2.37 bits per heavy atom. The van der Waals surface area contributed by atoms with Crippen molar-refractivity contribution in [1.82, 2.24) is 0 Å². The summed E-state index contributed by atoms with van der Waals surface area (Å²) >= 11 is 0. The fourth-order valence-corrected chi connectivity index (χ4v) is 6.29. The van der Waals surface area contributed by atoms with Crippen LogP contribution in [0.25, 0.3) is 16.7 Å². The van der Waals surface area contributed by atoms with E-state index in [0.717, 1.165) is 30.2 Å². The molecule has 0 fully saturated rings. The summed E-state index contributed by atoms with van der Waals surface area (Å²) in [6.45, 7) is 17.0. The molecule has 0 bridgehead atoms. The number of ketones is 1. The van der Waals surface area contributed by atoms with Gasteiger partial charge in [-0.15, -0.1) is 13.2 Å². The summed E-state index contributed by atoms with van der Waals surface area (Å²) in [6, 6.07) is 11.7. The number of hydrogen-bond acceptors (Lipinski definition) is 1. The van der Waals surface area contributed by atoms with Gasteiger partial charge in [-0.2, -0.15) is 0 Å². The molecule has 0 N–H and O–H groups in total. The van der Waals surface area contributed by atoms with Gasteiger partial charge in [0.05, 0.1) is 0 Å². The number of benzene rings is 2. The molecule has 0 amide bonds. The molecule has 1 nitrogen and oxygen atoms in total. The van der Waals surface area contributed by atoms with Crippen LogP contribution in [0, 0.1) is 11.8 Å². The Morgan fingerprint density at radius 2 is 1.71 bits per heavy atom. The van der Waals surface area contributed by atoms with E-state index in [9.17, 15) is 4.79 Å². The molecule has 0 saturated carbocycles. The third kappa shape index (κ3) is 5.55. The molecule has 35 heavy (non-hydrogen) atoms. The lowest BCUT2D eigenvalue weighted by atomic mass is 9.73. The van der Waals surface area contributed by atoms with Crippen LogP contribution in [0.15, 0.2) is 49.6 Å². The lowest BCUT2D eigenvalue weighted by molar-refractivity contribution is 0.0994. The second kappa shape index (κ2) is 12.5. The van der Waals surface area contributed by atoms with Crippen molar-refractivity contribution in [3.05, 3.63) is 77.4 Å². The highest BCUT2D eigenvalue weighted by Crippen LogP contribution is 2.47. The highest BCUT2D eigenvalue weighted by molar-refractivity contribution is 6.03. The van der Waals surface area contributed by atoms with E-state index >= 15 is 0 Å². The third-order valence-corrected chi connectivity index (χ3v) is 8.32. The molecule has 0 heterocycles. The molecule has 0 saturated heterocycles. The van der Waals surface area contributed by atoms with E-state index in [1.54, 1.807) is 0 Å². The fraction of sp³-hybridized carbons (Fsp3) is 0.500. The first-order chi connectivity index (χ1) is 17.1. The Labute approximate surface area is 214 Å². The van der Waals surface area contributed by atoms with E-state index in [1.807, 2.05) is 13.8 Å². The summed E-state index contributed by atoms with van der Waals surface area (Å²) in [4.78, 5) is 12.5. The molecular formula is C34H46O. The molecule has 5 rings (SSSR count). The summed E-state index contributed by atoms with van der Waals surface area (Å²) < 4.78 is 0. The summed E-state index contributed by atoms with van der Waals surface area (Å²) in [6.07, 6.45) is 12.7. The van der Waals surface area contributed by atoms with E-state index in [4.69, 9.17) is 0 Å². The molecule has 0 radical (unpaired) electrons. The summed E-state index contributed by atoms with van der Waals surface area (Å²) in [5.41, 5.74) is 11.1. The van der Waals surface area contributed by atoms with Crippen LogP contribution in [0.2, 0.25) is 0 Å². The highest BCUT2D eigenvalue weighted by Gasteiger charge is 2.32. The van der Waals surface area contributed by atoms with Gasteiger partial charge in [0, 0.05) is 12.0 Å². The molecule has 3 aliphatic rings. The number of carbonyl (C=O) groups is 1. The number of Topliss-reactive ketones (excluding diaryl/α,β-unsaturated/α-hetero) is 1. The SMILES string of the molecule is C=C.CC.CCC(CC)CCC1Cc2ccc(C3=CCC(C)C3)cc2-c2c1ccc1c2CCC1=O. The van der Waals surface area contributed by atoms with Crippen LogP contribution in [0.1, 0.15) is 118 Å². The van der Waals surface area contributed by atoms with Gasteiger partial charge in [0.2, 0.25) is 0 Å². The minimum absolute atomic E-state index is 0.335. The Bertz CT molecular complexity index is 1050. The van der Waals surface area contributed by atoms with Crippen molar-refractivity contribution in [3.8, 4) is 11.1 Å². The summed E-state index contributed by atoms with van der Waals surface area (Å²) in [5, 5.41) is 0. The topological polar surface area (TPSA) is 17.1 Å². The third-order valence-electron chi connectivity index (χ3n) is 8.32. The number of allylic oxidation sites excluding steroid dienone is 2. The Balaban J connectivity index is 0.000000815. The minimum Gasteiger partial charge on any atom is -0.294 e. The zero-order valence-electron chi connectivity index (χ0n) is 22.9. The fourth-order valence-electron chi connectivity index (χ4n) is 6.29. The first-order valence-corrected chi connectivity index (χ1v) is 14.1. The summed E-state index contributed by atoms with van der Waals surface area (Å²) in [5.74, 6) is 2.51. The zero-order chi connectivity index (χ0) is 25.5. The standard InChI is InChI=1S/C30H36O.C2H6.C2H4/c1-4-20(5-2)7-9-23-17-24-11-10-22(21-8-6-19(3)16-21)18-28(24)30-25(23)12-13-26-27(30)14-15-29(26)31;2*1-2/h8,10-13,18-20,23H,4-7,9,14-17H2,1-3H3;1-2H3;1-2H2. The molecule has 188 valence electrons. The van der Waals surface area contributed by atoms with E-state index in [2.05, 4.69) is 70.3 Å². The largest absolute Gasteiger partial charge is 0.294 e. The van der Waals surface area contributed by atoms with Gasteiger partial charge < -0.3 is 0 Å². The molecule has 2 aromatic rings. The van der Waals surface area contributed by atoms with Gasteiger partial charge in [-0.25, -0.2) is 0 Å². The Hall–Kier alpha value is -2.41. The lowest BCUT2D eigenvalue weighted by Gasteiger charge is -2.31. The van der Waals surface area contributed by atoms with Crippen LogP contribution < -0.4 is 0 Å². The van der Waals surface area contributed by atoms with Crippen LogP contribution in [0.5, 0.6) is 0 Å². The maximum atomic E-state index is 12.5. The van der Waals surface area contributed by atoms with Crippen molar-refractivity contribution in [2.24, 2.45) is 11.8 Å². The van der Waals surface area contributed by atoms with Crippen molar-refractivity contribution in [1.29, 1.82) is 0 Å². The predicted octanol–water partition coefficient (Wildman–Crippen LogP) is 9.98. The van der Waals surface area contributed by atoms with Crippen molar-refractivity contribution < 1.29 is 4.79 Å². The quantitative estimate of drug-likeness (QED) is 0.384. The second-order valence-corrected chi connectivity index (χ2v) is 10.3. The molecule has 2 unspecified atom stereocenters. The molecule has 3 aliphatic carbocycles. The first kappa shape index (κ1) is 27.2. The van der Waals surface area contributed by atoms with Gasteiger partial charge in [-0.1, -0.05) is 77.8 Å². The van der Waals surface area contributed by atoms with Crippen molar-refractivity contribution in [2.75, 3.05) is 0 Å². The van der Waals surface area contributed by atoms with Crippen molar-refractivity contribution >= 4 is 11.4 Å². The molecule has 1 heteroatoms. The smallest absolute Gasteiger partial charge is 0.163 e. The van der Waals surface area contributed by atoms with Gasteiger partial charge >= 0.3 is 0 Å². The number of fused-ring (bicyclic) bond motifs is 5. The van der Waals surface area contributed by atoms with Crippen LogP contribution in [-0.4, -0.2) is 5.78 Å². The van der Waals surface area contributed by atoms with Gasteiger partial charge in [0.1, 0.15) is 0 Å². The molecule has 2 aromatic carbocycles.